The van der Waals surface area contributed by atoms with Crippen molar-refractivity contribution >= 4 is 16.3 Å². The van der Waals surface area contributed by atoms with Crippen LogP contribution in [0.1, 0.15) is 11.1 Å². The van der Waals surface area contributed by atoms with Gasteiger partial charge in [0.15, 0.2) is 0 Å². The average Bonchev–Trinajstić information content (AvgIpc) is 2.71. The van der Waals surface area contributed by atoms with Crippen molar-refractivity contribution in [1.82, 2.24) is 9.38 Å². The van der Waals surface area contributed by atoms with Crippen LogP contribution in [0.2, 0.25) is 0 Å². The second-order valence-corrected chi connectivity index (χ2v) is 7.16. The molecule has 136 valence electrons. The van der Waals surface area contributed by atoms with Crippen LogP contribution in [0.25, 0.3) is 26.7 Å². The van der Waals surface area contributed by atoms with Gasteiger partial charge in [0.1, 0.15) is 11.6 Å². The summed E-state index contributed by atoms with van der Waals surface area (Å²) in [5.74, 6) is -0.542. The molecule has 0 saturated heterocycles. The summed E-state index contributed by atoms with van der Waals surface area (Å²) < 4.78 is 0.753. The van der Waals surface area contributed by atoms with Gasteiger partial charge < -0.3 is 5.11 Å². The summed E-state index contributed by atoms with van der Waals surface area (Å²) in [6.45, 7) is 1.93. The molecule has 0 fully saturated rings. The molecule has 7 heteroatoms. The van der Waals surface area contributed by atoms with Crippen LogP contribution in [-0.4, -0.2) is 14.5 Å². The molecule has 4 rings (SSSR count). The van der Waals surface area contributed by atoms with Gasteiger partial charge in [-0.3, -0.25) is 9.59 Å². The first-order valence-corrected chi connectivity index (χ1v) is 9.18. The molecule has 1 N–H and O–H groups in total. The normalized spacial score (nSPS) is 10.7. The van der Waals surface area contributed by atoms with Gasteiger partial charge in [-0.2, -0.15) is 5.26 Å². The van der Waals surface area contributed by atoms with E-state index in [0.29, 0.717) is 16.0 Å². The van der Waals surface area contributed by atoms with Crippen LogP contribution in [0.15, 0.2) is 64.2 Å². The molecule has 0 aliphatic carbocycles. The fraction of sp³-hybridized carbons (Fsp3) is 0.0476. The molecule has 6 nitrogen and oxygen atoms in total. The van der Waals surface area contributed by atoms with Crippen molar-refractivity contribution in [3.05, 3.63) is 86.4 Å². The number of benzene rings is 2. The van der Waals surface area contributed by atoms with Gasteiger partial charge in [-0.15, -0.1) is 0 Å². The largest absolute Gasteiger partial charge is 0.502 e. The lowest BCUT2D eigenvalue weighted by Crippen LogP contribution is -2.29. The smallest absolute Gasteiger partial charge is 0.303 e. The summed E-state index contributed by atoms with van der Waals surface area (Å²) in [6, 6.07) is 18.0. The molecular formula is C21H13N3O3S. The Morgan fingerprint density at radius 1 is 1.00 bits per heavy atom. The molecule has 0 spiro atoms. The fourth-order valence-corrected chi connectivity index (χ4v) is 3.91. The number of hydrogen-bond acceptors (Lipinski definition) is 6. The molecule has 0 saturated carbocycles. The minimum atomic E-state index is -0.892. The van der Waals surface area contributed by atoms with Crippen molar-refractivity contribution in [1.29, 1.82) is 5.26 Å². The SMILES string of the molecule is Cc1ccc(-c2nc3sc(-c4ccccc4)c(O)c(=O)n3c(=O)c2C#N)cc1. The highest BCUT2D eigenvalue weighted by molar-refractivity contribution is 7.20. The van der Waals surface area contributed by atoms with Gasteiger partial charge in [0.25, 0.3) is 5.56 Å². The van der Waals surface area contributed by atoms with E-state index in [1.54, 1.807) is 36.4 Å². The van der Waals surface area contributed by atoms with E-state index in [0.717, 1.165) is 21.3 Å². The zero-order valence-electron chi connectivity index (χ0n) is 14.7. The second-order valence-electron chi connectivity index (χ2n) is 6.19. The van der Waals surface area contributed by atoms with Crippen LogP contribution in [0, 0.1) is 18.3 Å². The topological polar surface area (TPSA) is 95.5 Å². The number of aromatic nitrogens is 2. The molecule has 0 aliphatic heterocycles. The molecule has 0 radical (unpaired) electrons. The van der Waals surface area contributed by atoms with Crippen LogP contribution in [0.4, 0.5) is 0 Å². The first kappa shape index (κ1) is 17.6. The average molecular weight is 387 g/mol. The summed E-state index contributed by atoms with van der Waals surface area (Å²) in [4.78, 5) is 30.4. The van der Waals surface area contributed by atoms with Crippen LogP contribution in [0.5, 0.6) is 5.75 Å². The minimum absolute atomic E-state index is 0.112. The highest BCUT2D eigenvalue weighted by Gasteiger charge is 2.20. The maximum Gasteiger partial charge on any atom is 0.303 e. The Hall–Kier alpha value is -3.76. The predicted molar refractivity (Wildman–Crippen MR) is 108 cm³/mol. The molecule has 28 heavy (non-hydrogen) atoms. The Kier molecular flexibility index (Phi) is 4.26. The van der Waals surface area contributed by atoms with Crippen LogP contribution >= 0.6 is 11.3 Å². The van der Waals surface area contributed by atoms with Gasteiger partial charge in [0, 0.05) is 5.56 Å². The third-order valence-corrected chi connectivity index (χ3v) is 5.43. The quantitative estimate of drug-likeness (QED) is 0.569. The van der Waals surface area contributed by atoms with Crippen molar-refractivity contribution < 1.29 is 5.11 Å². The fourth-order valence-electron chi connectivity index (χ4n) is 2.90. The number of fused-ring (bicyclic) bond motifs is 1. The number of hydrogen-bond donors (Lipinski definition) is 1. The third kappa shape index (κ3) is 2.76. The molecule has 2 heterocycles. The van der Waals surface area contributed by atoms with Gasteiger partial charge in [-0.25, -0.2) is 9.38 Å². The highest BCUT2D eigenvalue weighted by atomic mass is 32.1. The molecule has 0 bridgehead atoms. The number of aromatic hydroxyl groups is 1. The number of nitrogens with zero attached hydrogens (tertiary/aromatic N) is 3. The third-order valence-electron chi connectivity index (χ3n) is 4.34. The minimum Gasteiger partial charge on any atom is -0.502 e. The van der Waals surface area contributed by atoms with Crippen molar-refractivity contribution in [2.45, 2.75) is 6.92 Å². The molecule has 0 unspecified atom stereocenters. The van der Waals surface area contributed by atoms with E-state index >= 15 is 0 Å². The van der Waals surface area contributed by atoms with Crippen LogP contribution in [-0.2, 0) is 0 Å². The molecule has 0 amide bonds. The molecule has 4 aromatic rings. The monoisotopic (exact) mass is 387 g/mol. The maximum absolute atomic E-state index is 12.8. The predicted octanol–water partition coefficient (Wildman–Crippen LogP) is 3.34. The van der Waals surface area contributed by atoms with Crippen molar-refractivity contribution in [3.8, 4) is 33.5 Å². The lowest BCUT2D eigenvalue weighted by molar-refractivity contribution is 0.469. The standard InChI is InChI=1S/C21H13N3O3S/c1-12-7-9-13(10-8-12)16-15(11-22)19(26)24-20(27)17(25)18(28-21(24)23-16)14-5-3-2-4-6-14/h2-10,25H,1H3. The molecular weight excluding hydrogens is 374 g/mol. The highest BCUT2D eigenvalue weighted by Crippen LogP contribution is 2.32. The zero-order valence-corrected chi connectivity index (χ0v) is 15.5. The summed E-state index contributed by atoms with van der Waals surface area (Å²) >= 11 is 1.02. The van der Waals surface area contributed by atoms with E-state index in [4.69, 9.17) is 0 Å². The van der Waals surface area contributed by atoms with Crippen molar-refractivity contribution in [2.75, 3.05) is 0 Å². The molecule has 0 aliphatic rings. The van der Waals surface area contributed by atoms with Gasteiger partial charge in [-0.05, 0) is 12.5 Å². The van der Waals surface area contributed by atoms with E-state index in [9.17, 15) is 20.0 Å². The van der Waals surface area contributed by atoms with Gasteiger partial charge >= 0.3 is 5.56 Å². The molecule has 2 aromatic carbocycles. The lowest BCUT2D eigenvalue weighted by atomic mass is 10.1. The Morgan fingerprint density at radius 3 is 2.32 bits per heavy atom. The summed E-state index contributed by atoms with van der Waals surface area (Å²) in [7, 11) is 0. The van der Waals surface area contributed by atoms with Gasteiger partial charge in [-0.1, -0.05) is 71.5 Å². The summed E-state index contributed by atoms with van der Waals surface area (Å²) in [5.41, 5.74) is 0.568. The van der Waals surface area contributed by atoms with Crippen molar-refractivity contribution in [3.63, 3.8) is 0 Å². The van der Waals surface area contributed by atoms with Gasteiger partial charge in [0.05, 0.1) is 10.6 Å². The lowest BCUT2D eigenvalue weighted by Gasteiger charge is -2.09. The number of aryl methyl sites for hydroxylation is 1. The number of rotatable bonds is 2. The Balaban J connectivity index is 2.10. The van der Waals surface area contributed by atoms with E-state index in [2.05, 4.69) is 4.98 Å². The Morgan fingerprint density at radius 2 is 1.68 bits per heavy atom. The van der Waals surface area contributed by atoms with Crippen molar-refractivity contribution in [2.24, 2.45) is 0 Å². The first-order chi connectivity index (χ1) is 13.5. The Labute approximate surface area is 163 Å². The summed E-state index contributed by atoms with van der Waals surface area (Å²) in [5, 5.41) is 19.9. The molecule has 2 aromatic heterocycles. The van der Waals surface area contributed by atoms with E-state index < -0.39 is 16.9 Å². The molecule has 0 atom stereocenters. The maximum atomic E-state index is 12.8. The van der Waals surface area contributed by atoms with Gasteiger partial charge in [0.2, 0.25) is 10.7 Å². The second kappa shape index (κ2) is 6.76. The number of nitriles is 1. The van der Waals surface area contributed by atoms with E-state index in [1.165, 1.54) is 0 Å². The van der Waals surface area contributed by atoms with Crippen LogP contribution < -0.4 is 11.1 Å². The van der Waals surface area contributed by atoms with E-state index in [-0.39, 0.29) is 16.2 Å². The summed E-state index contributed by atoms with van der Waals surface area (Å²) in [6.07, 6.45) is 0. The zero-order chi connectivity index (χ0) is 19.8. The Bertz CT molecular complexity index is 1370. The van der Waals surface area contributed by atoms with E-state index in [1.807, 2.05) is 31.2 Å². The van der Waals surface area contributed by atoms with Crippen LogP contribution in [0.3, 0.4) is 0 Å². The first-order valence-electron chi connectivity index (χ1n) is 8.36.